The molecule has 1 aliphatic heterocycles. The van der Waals surface area contributed by atoms with Gasteiger partial charge in [0.25, 0.3) is 5.91 Å². The summed E-state index contributed by atoms with van der Waals surface area (Å²) in [7, 11) is 0. The van der Waals surface area contributed by atoms with Crippen molar-refractivity contribution in [3.8, 4) is 0 Å². The summed E-state index contributed by atoms with van der Waals surface area (Å²) < 4.78 is 5.39. The smallest absolute Gasteiger partial charge is 0.255 e. The molecule has 0 spiro atoms. The molecule has 1 aromatic heterocycles. The summed E-state index contributed by atoms with van der Waals surface area (Å²) in [6.45, 7) is 0.442. The molecule has 4 rings (SSSR count). The van der Waals surface area contributed by atoms with Gasteiger partial charge in [0.15, 0.2) is 0 Å². The van der Waals surface area contributed by atoms with Crippen LogP contribution in [-0.2, 0) is 11.3 Å². The largest absolute Gasteiger partial charge is 0.467 e. The van der Waals surface area contributed by atoms with Crippen LogP contribution in [0.2, 0.25) is 0 Å². The lowest BCUT2D eigenvalue weighted by Crippen LogP contribution is -2.27. The van der Waals surface area contributed by atoms with Crippen molar-refractivity contribution in [1.82, 2.24) is 4.90 Å². The predicted molar refractivity (Wildman–Crippen MR) is 117 cm³/mol. The summed E-state index contributed by atoms with van der Waals surface area (Å²) in [6.07, 6.45) is 3.61. The first-order valence-corrected chi connectivity index (χ1v) is 11.4. The summed E-state index contributed by atoms with van der Waals surface area (Å²) in [6, 6.07) is 18.9. The van der Waals surface area contributed by atoms with Crippen molar-refractivity contribution in [2.75, 3.05) is 17.3 Å². The molecule has 0 unspecified atom stereocenters. The normalized spacial score (nSPS) is 16.2. The van der Waals surface area contributed by atoms with Crippen molar-refractivity contribution in [3.63, 3.8) is 0 Å². The fourth-order valence-corrected chi connectivity index (χ4v) is 4.82. The Balaban J connectivity index is 1.46. The van der Waals surface area contributed by atoms with E-state index in [-0.39, 0.29) is 17.2 Å². The van der Waals surface area contributed by atoms with Crippen LogP contribution in [0, 0.1) is 0 Å². The number of hydrogen-bond acceptors (Lipinski definition) is 5. The highest BCUT2D eigenvalue weighted by atomic mass is 32.2. The van der Waals surface area contributed by atoms with E-state index in [1.54, 1.807) is 41.9 Å². The highest BCUT2D eigenvalue weighted by Crippen LogP contribution is 2.39. The number of carbonyl (C=O) groups is 2. The minimum Gasteiger partial charge on any atom is -0.467 e. The Labute approximate surface area is 177 Å². The van der Waals surface area contributed by atoms with Crippen LogP contribution >= 0.6 is 23.5 Å². The minimum atomic E-state index is -0.155. The number of thioether (sulfide) groups is 2. The summed E-state index contributed by atoms with van der Waals surface area (Å²) >= 11 is 3.22. The zero-order chi connectivity index (χ0) is 20.2. The van der Waals surface area contributed by atoms with Crippen molar-refractivity contribution in [2.24, 2.45) is 0 Å². The van der Waals surface area contributed by atoms with Crippen LogP contribution < -0.4 is 5.32 Å². The Morgan fingerprint density at radius 1 is 1.21 bits per heavy atom. The maximum Gasteiger partial charge on any atom is 0.255 e. The molecule has 2 amide bonds. The van der Waals surface area contributed by atoms with Gasteiger partial charge < -0.3 is 14.6 Å². The number of nitrogens with zero attached hydrogens (tertiary/aromatic N) is 1. The van der Waals surface area contributed by atoms with Gasteiger partial charge in [-0.25, -0.2) is 0 Å². The van der Waals surface area contributed by atoms with E-state index in [2.05, 4.69) is 5.32 Å². The van der Waals surface area contributed by atoms with Crippen LogP contribution in [0.15, 0.2) is 76.2 Å². The summed E-state index contributed by atoms with van der Waals surface area (Å²) in [4.78, 5) is 27.8. The molecule has 0 bridgehead atoms. The highest BCUT2D eigenvalue weighted by Gasteiger charge is 2.33. The molecule has 3 aromatic rings. The van der Waals surface area contributed by atoms with Gasteiger partial charge in [0.2, 0.25) is 5.91 Å². The van der Waals surface area contributed by atoms with Gasteiger partial charge in [-0.15, -0.1) is 23.5 Å². The topological polar surface area (TPSA) is 62.6 Å². The Morgan fingerprint density at radius 2 is 2.03 bits per heavy atom. The van der Waals surface area contributed by atoms with Crippen molar-refractivity contribution in [1.29, 1.82) is 0 Å². The molecule has 5 nitrogen and oxygen atoms in total. The SMILES string of the molecule is CSc1cccc(NC(=O)c2ccc([C@H]3SCC(=O)N3Cc3ccco3)cc2)c1. The minimum absolute atomic E-state index is 0.0806. The molecule has 1 fully saturated rings. The molecule has 148 valence electrons. The first-order valence-electron chi connectivity index (χ1n) is 9.13. The van der Waals surface area contributed by atoms with Crippen LogP contribution in [-0.4, -0.2) is 28.7 Å². The van der Waals surface area contributed by atoms with E-state index in [0.29, 0.717) is 17.9 Å². The third kappa shape index (κ3) is 4.52. The number of nitrogens with one attached hydrogen (secondary N) is 1. The quantitative estimate of drug-likeness (QED) is 0.563. The van der Waals surface area contributed by atoms with E-state index in [1.807, 2.05) is 59.7 Å². The number of hydrogen-bond donors (Lipinski definition) is 1. The first kappa shape index (κ1) is 19.7. The Morgan fingerprint density at radius 3 is 2.76 bits per heavy atom. The Kier molecular flexibility index (Phi) is 5.97. The molecule has 1 N–H and O–H groups in total. The second kappa shape index (κ2) is 8.80. The van der Waals surface area contributed by atoms with Gasteiger partial charge in [-0.05, 0) is 54.3 Å². The molecule has 2 aromatic carbocycles. The van der Waals surface area contributed by atoms with Crippen LogP contribution in [0.5, 0.6) is 0 Å². The molecule has 1 aliphatic rings. The van der Waals surface area contributed by atoms with Crippen LogP contribution in [0.25, 0.3) is 0 Å². The maximum atomic E-state index is 12.6. The van der Waals surface area contributed by atoms with Crippen molar-refractivity contribution < 1.29 is 14.0 Å². The van der Waals surface area contributed by atoms with E-state index >= 15 is 0 Å². The number of carbonyl (C=O) groups excluding carboxylic acids is 2. The Hall–Kier alpha value is -2.64. The monoisotopic (exact) mass is 424 g/mol. The molecule has 0 saturated carbocycles. The summed E-state index contributed by atoms with van der Waals surface area (Å²) in [5, 5.41) is 2.85. The van der Waals surface area contributed by atoms with Gasteiger partial charge in [0.1, 0.15) is 11.1 Å². The highest BCUT2D eigenvalue weighted by molar-refractivity contribution is 8.00. The number of benzene rings is 2. The fourth-order valence-electron chi connectivity index (χ4n) is 3.17. The van der Waals surface area contributed by atoms with Gasteiger partial charge in [0.05, 0.1) is 18.6 Å². The van der Waals surface area contributed by atoms with Gasteiger partial charge in [-0.2, -0.15) is 0 Å². The lowest BCUT2D eigenvalue weighted by molar-refractivity contribution is -0.128. The summed E-state index contributed by atoms with van der Waals surface area (Å²) in [5.74, 6) is 1.14. The zero-order valence-corrected chi connectivity index (χ0v) is 17.5. The third-order valence-corrected chi connectivity index (χ3v) is 6.64. The van der Waals surface area contributed by atoms with Crippen LogP contribution in [0.1, 0.15) is 27.1 Å². The molecule has 2 heterocycles. The van der Waals surface area contributed by atoms with Crippen molar-refractivity contribution in [3.05, 3.63) is 83.8 Å². The van der Waals surface area contributed by atoms with E-state index in [0.717, 1.165) is 21.9 Å². The maximum absolute atomic E-state index is 12.6. The molecule has 29 heavy (non-hydrogen) atoms. The number of anilines is 1. The number of furan rings is 1. The Bertz CT molecular complexity index is 1000. The standard InChI is InChI=1S/C22H20N2O3S2/c1-28-19-6-2-4-17(12-19)23-21(26)15-7-9-16(10-8-15)22-24(20(25)14-29-22)13-18-5-3-11-27-18/h2-12,22H,13-14H2,1H3,(H,23,26)/t22-/m1/s1. The zero-order valence-electron chi connectivity index (χ0n) is 15.8. The summed E-state index contributed by atoms with van der Waals surface area (Å²) in [5.41, 5.74) is 2.34. The molecule has 0 radical (unpaired) electrons. The predicted octanol–water partition coefficient (Wildman–Crippen LogP) is 5.03. The second-order valence-electron chi connectivity index (χ2n) is 6.57. The molecular formula is C22H20N2O3S2. The molecule has 7 heteroatoms. The van der Waals surface area contributed by atoms with Crippen molar-refractivity contribution >= 4 is 41.0 Å². The van der Waals surface area contributed by atoms with E-state index in [9.17, 15) is 9.59 Å². The van der Waals surface area contributed by atoms with Gasteiger partial charge in [-0.3, -0.25) is 9.59 Å². The molecule has 1 saturated heterocycles. The van der Waals surface area contributed by atoms with Crippen LogP contribution in [0.4, 0.5) is 5.69 Å². The second-order valence-corrected chi connectivity index (χ2v) is 8.52. The van der Waals surface area contributed by atoms with Gasteiger partial charge >= 0.3 is 0 Å². The first-order chi connectivity index (χ1) is 14.1. The lowest BCUT2D eigenvalue weighted by atomic mass is 10.1. The number of amides is 2. The molecule has 1 atom stereocenters. The third-order valence-electron chi connectivity index (χ3n) is 4.66. The van der Waals surface area contributed by atoms with E-state index in [4.69, 9.17) is 4.42 Å². The van der Waals surface area contributed by atoms with E-state index < -0.39 is 0 Å². The molecule has 0 aliphatic carbocycles. The van der Waals surface area contributed by atoms with E-state index in [1.165, 1.54) is 0 Å². The van der Waals surface area contributed by atoms with Gasteiger partial charge in [0, 0.05) is 16.1 Å². The average molecular weight is 425 g/mol. The average Bonchev–Trinajstić information content (AvgIpc) is 3.39. The number of rotatable bonds is 6. The lowest BCUT2D eigenvalue weighted by Gasteiger charge is -2.23. The van der Waals surface area contributed by atoms with Crippen LogP contribution in [0.3, 0.4) is 0 Å². The fraction of sp³-hybridized carbons (Fsp3) is 0.182. The molecular weight excluding hydrogens is 404 g/mol. The van der Waals surface area contributed by atoms with Crippen molar-refractivity contribution in [2.45, 2.75) is 16.8 Å². The van der Waals surface area contributed by atoms with Gasteiger partial charge in [-0.1, -0.05) is 18.2 Å².